The molecule has 1 aliphatic rings. The summed E-state index contributed by atoms with van der Waals surface area (Å²) in [6.07, 6.45) is 1.57. The second-order valence-electron chi connectivity index (χ2n) is 4.21. The predicted molar refractivity (Wildman–Crippen MR) is 61.0 cm³/mol. The third-order valence-electron chi connectivity index (χ3n) is 2.68. The molecule has 1 fully saturated rings. The van der Waals surface area contributed by atoms with Gasteiger partial charge in [0.05, 0.1) is 19.8 Å². The summed E-state index contributed by atoms with van der Waals surface area (Å²) < 4.78 is 10.4. The highest BCUT2D eigenvalue weighted by atomic mass is 16.6. The maximum absolute atomic E-state index is 11.6. The Balaban J connectivity index is 2.05. The van der Waals surface area contributed by atoms with E-state index in [9.17, 15) is 4.79 Å². The van der Waals surface area contributed by atoms with Crippen molar-refractivity contribution < 1.29 is 14.3 Å². The van der Waals surface area contributed by atoms with Crippen molar-refractivity contribution in [2.24, 2.45) is 11.7 Å². The van der Waals surface area contributed by atoms with Gasteiger partial charge in [0, 0.05) is 6.54 Å². The molecule has 0 saturated carbocycles. The lowest BCUT2D eigenvalue weighted by atomic mass is 10.1. The number of rotatable bonds is 6. The Morgan fingerprint density at radius 2 is 2.38 bits per heavy atom. The van der Waals surface area contributed by atoms with E-state index >= 15 is 0 Å². The van der Waals surface area contributed by atoms with E-state index in [4.69, 9.17) is 15.2 Å². The summed E-state index contributed by atoms with van der Waals surface area (Å²) in [6, 6.07) is 0. The summed E-state index contributed by atoms with van der Waals surface area (Å²) in [5, 5.41) is 2.85. The van der Waals surface area contributed by atoms with Crippen LogP contribution in [-0.2, 0) is 14.3 Å². The Morgan fingerprint density at radius 1 is 1.56 bits per heavy atom. The topological polar surface area (TPSA) is 73.6 Å². The number of hydrogen-bond acceptors (Lipinski definition) is 4. The van der Waals surface area contributed by atoms with E-state index in [0.29, 0.717) is 38.8 Å². The number of nitrogens with two attached hydrogens (primary N) is 1. The van der Waals surface area contributed by atoms with Gasteiger partial charge < -0.3 is 20.5 Å². The van der Waals surface area contributed by atoms with Crippen LogP contribution in [0.25, 0.3) is 0 Å². The highest BCUT2D eigenvalue weighted by Crippen LogP contribution is 2.03. The summed E-state index contributed by atoms with van der Waals surface area (Å²) in [5.41, 5.74) is 5.51. The van der Waals surface area contributed by atoms with Crippen LogP contribution in [0.4, 0.5) is 0 Å². The molecule has 1 aliphatic heterocycles. The van der Waals surface area contributed by atoms with Gasteiger partial charge in [-0.15, -0.1) is 0 Å². The van der Waals surface area contributed by atoms with Crippen molar-refractivity contribution in [2.75, 3.05) is 32.9 Å². The number of hydrogen-bond donors (Lipinski definition) is 2. The van der Waals surface area contributed by atoms with Crippen LogP contribution in [0.1, 0.15) is 19.8 Å². The molecule has 3 N–H and O–H groups in total. The molecular weight excluding hydrogens is 208 g/mol. The molecule has 0 aromatic carbocycles. The molecule has 2 unspecified atom stereocenters. The molecule has 5 nitrogen and oxygen atoms in total. The van der Waals surface area contributed by atoms with Crippen LogP contribution in [-0.4, -0.2) is 44.9 Å². The molecule has 1 amide bonds. The van der Waals surface area contributed by atoms with Crippen LogP contribution < -0.4 is 11.1 Å². The SMILES string of the molecule is CC(CN)CCCNC(=O)C1COCCO1. The van der Waals surface area contributed by atoms with Crippen LogP contribution in [0.15, 0.2) is 0 Å². The van der Waals surface area contributed by atoms with E-state index < -0.39 is 6.10 Å². The van der Waals surface area contributed by atoms with Crippen LogP contribution in [0.3, 0.4) is 0 Å². The van der Waals surface area contributed by atoms with E-state index in [0.717, 1.165) is 12.8 Å². The van der Waals surface area contributed by atoms with Crippen molar-refractivity contribution in [3.8, 4) is 0 Å². The zero-order chi connectivity index (χ0) is 11.8. The van der Waals surface area contributed by atoms with Crippen LogP contribution >= 0.6 is 0 Å². The average Bonchev–Trinajstić information content (AvgIpc) is 2.35. The van der Waals surface area contributed by atoms with Gasteiger partial charge in [-0.25, -0.2) is 0 Å². The number of carbonyl (C=O) groups is 1. The fourth-order valence-electron chi connectivity index (χ4n) is 1.53. The maximum atomic E-state index is 11.6. The van der Waals surface area contributed by atoms with Gasteiger partial charge in [-0.05, 0) is 25.3 Å². The second kappa shape index (κ2) is 7.60. The van der Waals surface area contributed by atoms with Gasteiger partial charge in [-0.1, -0.05) is 6.92 Å². The van der Waals surface area contributed by atoms with E-state index in [1.807, 2.05) is 0 Å². The van der Waals surface area contributed by atoms with E-state index in [1.54, 1.807) is 0 Å². The lowest BCUT2D eigenvalue weighted by Gasteiger charge is -2.22. The summed E-state index contributed by atoms with van der Waals surface area (Å²) in [6.45, 7) is 4.95. The zero-order valence-corrected chi connectivity index (χ0v) is 9.91. The second-order valence-corrected chi connectivity index (χ2v) is 4.21. The van der Waals surface area contributed by atoms with Crippen molar-refractivity contribution in [2.45, 2.75) is 25.9 Å². The molecule has 1 rings (SSSR count). The fourth-order valence-corrected chi connectivity index (χ4v) is 1.53. The van der Waals surface area contributed by atoms with Crippen molar-refractivity contribution in [3.05, 3.63) is 0 Å². The number of nitrogens with one attached hydrogen (secondary N) is 1. The first-order chi connectivity index (χ1) is 7.74. The standard InChI is InChI=1S/C11H22N2O3/c1-9(7-12)3-2-4-13-11(14)10-8-15-5-6-16-10/h9-10H,2-8,12H2,1H3,(H,13,14). The van der Waals surface area contributed by atoms with E-state index in [-0.39, 0.29) is 5.91 Å². The molecule has 0 radical (unpaired) electrons. The summed E-state index contributed by atoms with van der Waals surface area (Å²) in [5.74, 6) is 0.450. The van der Waals surface area contributed by atoms with Gasteiger partial charge in [0.25, 0.3) is 5.91 Å². The van der Waals surface area contributed by atoms with Crippen LogP contribution in [0.2, 0.25) is 0 Å². The monoisotopic (exact) mass is 230 g/mol. The highest BCUT2D eigenvalue weighted by Gasteiger charge is 2.21. The first kappa shape index (κ1) is 13.4. The number of carbonyl (C=O) groups excluding carboxylic acids is 1. The molecule has 0 aromatic rings. The largest absolute Gasteiger partial charge is 0.376 e. The molecular formula is C11H22N2O3. The molecule has 5 heteroatoms. The summed E-state index contributed by atoms with van der Waals surface area (Å²) in [4.78, 5) is 11.6. The Morgan fingerprint density at radius 3 is 3.00 bits per heavy atom. The Labute approximate surface area is 96.7 Å². The minimum Gasteiger partial charge on any atom is -0.376 e. The molecule has 1 saturated heterocycles. The molecule has 0 aromatic heterocycles. The molecule has 0 aliphatic carbocycles. The average molecular weight is 230 g/mol. The summed E-state index contributed by atoms with van der Waals surface area (Å²) >= 11 is 0. The Hall–Kier alpha value is -0.650. The van der Waals surface area contributed by atoms with E-state index in [2.05, 4.69) is 12.2 Å². The van der Waals surface area contributed by atoms with Crippen molar-refractivity contribution in [1.82, 2.24) is 5.32 Å². The lowest BCUT2D eigenvalue weighted by Crippen LogP contribution is -2.43. The number of amides is 1. The molecule has 94 valence electrons. The third kappa shape index (κ3) is 4.92. The molecule has 2 atom stereocenters. The smallest absolute Gasteiger partial charge is 0.251 e. The molecule has 16 heavy (non-hydrogen) atoms. The number of ether oxygens (including phenoxy) is 2. The molecule has 0 spiro atoms. The molecule has 1 heterocycles. The van der Waals surface area contributed by atoms with Gasteiger partial charge >= 0.3 is 0 Å². The van der Waals surface area contributed by atoms with Crippen LogP contribution in [0.5, 0.6) is 0 Å². The highest BCUT2D eigenvalue weighted by molar-refractivity contribution is 5.80. The third-order valence-corrected chi connectivity index (χ3v) is 2.68. The Bertz CT molecular complexity index is 205. The first-order valence-corrected chi connectivity index (χ1v) is 5.91. The van der Waals surface area contributed by atoms with Crippen molar-refractivity contribution in [1.29, 1.82) is 0 Å². The lowest BCUT2D eigenvalue weighted by molar-refractivity contribution is -0.147. The van der Waals surface area contributed by atoms with Gasteiger partial charge in [0.15, 0.2) is 6.10 Å². The van der Waals surface area contributed by atoms with Crippen LogP contribution in [0, 0.1) is 5.92 Å². The minimum atomic E-state index is -0.430. The quantitative estimate of drug-likeness (QED) is 0.625. The minimum absolute atomic E-state index is 0.0694. The zero-order valence-electron chi connectivity index (χ0n) is 9.91. The molecule has 0 bridgehead atoms. The van der Waals surface area contributed by atoms with Crippen molar-refractivity contribution in [3.63, 3.8) is 0 Å². The van der Waals surface area contributed by atoms with E-state index in [1.165, 1.54) is 0 Å². The van der Waals surface area contributed by atoms with Gasteiger partial charge in [0.2, 0.25) is 0 Å². The summed E-state index contributed by atoms with van der Waals surface area (Å²) in [7, 11) is 0. The van der Waals surface area contributed by atoms with Gasteiger partial charge in [-0.3, -0.25) is 4.79 Å². The normalized spacial score (nSPS) is 22.8. The Kier molecular flexibility index (Phi) is 6.37. The first-order valence-electron chi connectivity index (χ1n) is 5.91. The maximum Gasteiger partial charge on any atom is 0.251 e. The fraction of sp³-hybridized carbons (Fsp3) is 0.909. The predicted octanol–water partition coefficient (Wildman–Crippen LogP) is -0.107. The van der Waals surface area contributed by atoms with Crippen molar-refractivity contribution >= 4 is 5.91 Å². The van der Waals surface area contributed by atoms with Gasteiger partial charge in [0.1, 0.15) is 0 Å². The van der Waals surface area contributed by atoms with Gasteiger partial charge in [-0.2, -0.15) is 0 Å².